The van der Waals surface area contributed by atoms with Crippen molar-refractivity contribution in [3.8, 4) is 0 Å². The van der Waals surface area contributed by atoms with Gasteiger partial charge in [-0.25, -0.2) is 0 Å². The number of halogens is 3. The average molecular weight is 123 g/mol. The molecule has 0 saturated heterocycles. The van der Waals surface area contributed by atoms with Crippen LogP contribution in [0, 0.1) is 0 Å². The second kappa shape index (κ2) is 4.37. The fourth-order valence-electron chi connectivity index (χ4n) is 0. The molecule has 0 aromatic heterocycles. The van der Waals surface area contributed by atoms with Crippen LogP contribution in [0.25, 0.3) is 0 Å². The summed E-state index contributed by atoms with van der Waals surface area (Å²) in [6.45, 7) is 0. The van der Waals surface area contributed by atoms with Crippen molar-refractivity contribution >= 4 is 7.54 Å². The van der Waals surface area contributed by atoms with Crippen molar-refractivity contribution in [3.63, 3.8) is 0 Å². The minimum atomic E-state index is -3.67. The van der Waals surface area contributed by atoms with Crippen LogP contribution in [0.5, 0.6) is 0 Å². The largest absolute Gasteiger partial charge is 0.762 e. The second-order valence-corrected chi connectivity index (χ2v) is 0.247. The van der Waals surface area contributed by atoms with E-state index in [1.807, 2.05) is 0 Å². The van der Waals surface area contributed by atoms with E-state index in [0.29, 0.717) is 0 Å². The third kappa shape index (κ3) is 176. The van der Waals surface area contributed by atoms with E-state index in [1.165, 1.54) is 0 Å². The van der Waals surface area contributed by atoms with Gasteiger partial charge in [-0.1, -0.05) is 0 Å². The fourth-order valence-corrected chi connectivity index (χ4v) is 0. The van der Waals surface area contributed by atoms with Gasteiger partial charge in [0, 0.05) is 17.1 Å². The van der Waals surface area contributed by atoms with Crippen molar-refractivity contribution in [2.45, 2.75) is 0 Å². The standard InChI is InChI=1S/BF3.Mn/c2-1(3)4;. The monoisotopic (exact) mass is 123 g/mol. The normalized spacial score (nSPS) is 5.40. The molecule has 0 spiro atoms. The third-order valence-electron chi connectivity index (χ3n) is 0. The Morgan fingerprint density at radius 2 is 1.00 bits per heavy atom. The van der Waals surface area contributed by atoms with Gasteiger partial charge in [0.2, 0.25) is 0 Å². The summed E-state index contributed by atoms with van der Waals surface area (Å²) >= 11 is 0. The van der Waals surface area contributed by atoms with Crippen LogP contribution in [0.3, 0.4) is 0 Å². The topological polar surface area (TPSA) is 0 Å². The van der Waals surface area contributed by atoms with Crippen LogP contribution in [0.1, 0.15) is 0 Å². The molecule has 31 valence electrons. The summed E-state index contributed by atoms with van der Waals surface area (Å²) in [4.78, 5) is 0. The zero-order valence-electron chi connectivity index (χ0n) is 2.09. The Labute approximate surface area is 38.4 Å². The van der Waals surface area contributed by atoms with Crippen LogP contribution in [0.4, 0.5) is 12.9 Å². The summed E-state index contributed by atoms with van der Waals surface area (Å²) in [5, 5.41) is 0. The van der Waals surface area contributed by atoms with Gasteiger partial charge in [0.05, 0.1) is 0 Å². The number of hydrogen-bond donors (Lipinski definition) is 0. The summed E-state index contributed by atoms with van der Waals surface area (Å²) in [5.74, 6) is 0. The third-order valence-corrected chi connectivity index (χ3v) is 0. The Hall–Kier alpha value is 0.374. The molecule has 0 fully saturated rings. The van der Waals surface area contributed by atoms with Crippen LogP contribution >= 0.6 is 0 Å². The minimum absolute atomic E-state index is 0. The van der Waals surface area contributed by atoms with Crippen molar-refractivity contribution in [2.75, 3.05) is 0 Å². The van der Waals surface area contributed by atoms with E-state index in [9.17, 15) is 12.9 Å². The summed E-state index contributed by atoms with van der Waals surface area (Å²) in [6.07, 6.45) is 0. The average Bonchev–Trinajstić information content (AvgIpc) is 0.811. The van der Waals surface area contributed by atoms with Gasteiger partial charge in [0.15, 0.2) is 0 Å². The zero-order chi connectivity index (χ0) is 3.58. The van der Waals surface area contributed by atoms with Gasteiger partial charge in [-0.15, -0.1) is 0 Å². The van der Waals surface area contributed by atoms with Crippen molar-refractivity contribution in [2.24, 2.45) is 0 Å². The predicted molar refractivity (Wildman–Crippen MR) is 9.08 cm³/mol. The summed E-state index contributed by atoms with van der Waals surface area (Å²) in [5.41, 5.74) is 0. The Morgan fingerprint density at radius 1 is 1.00 bits per heavy atom. The zero-order valence-corrected chi connectivity index (χ0v) is 3.27. The van der Waals surface area contributed by atoms with Gasteiger partial charge < -0.3 is 0 Å². The van der Waals surface area contributed by atoms with E-state index in [2.05, 4.69) is 0 Å². The minimum Gasteiger partial charge on any atom is -0.254 e. The first kappa shape index (κ1) is 9.03. The molecule has 0 aliphatic rings. The molecule has 5 heteroatoms. The first-order valence-corrected chi connectivity index (χ1v) is 0.655. The molecule has 0 amide bonds. The molecule has 0 aromatic carbocycles. The molecule has 0 aliphatic carbocycles. The first-order valence-electron chi connectivity index (χ1n) is 0.655. The van der Waals surface area contributed by atoms with Crippen LogP contribution in [-0.2, 0) is 17.1 Å². The Bertz CT molecular complexity index is 11.6. The summed E-state index contributed by atoms with van der Waals surface area (Å²) in [7, 11) is -3.67. The van der Waals surface area contributed by atoms with Crippen LogP contribution < -0.4 is 0 Å². The van der Waals surface area contributed by atoms with Gasteiger partial charge in [-0.05, 0) is 0 Å². The van der Waals surface area contributed by atoms with E-state index in [-0.39, 0.29) is 17.1 Å². The predicted octanol–water partition coefficient (Wildman–Crippen LogP) is 0.877. The van der Waals surface area contributed by atoms with E-state index in [0.717, 1.165) is 0 Å². The van der Waals surface area contributed by atoms with E-state index >= 15 is 0 Å². The number of hydrogen-bond acceptors (Lipinski definition) is 0. The van der Waals surface area contributed by atoms with Crippen LogP contribution in [0.2, 0.25) is 0 Å². The van der Waals surface area contributed by atoms with E-state index in [1.54, 1.807) is 0 Å². The van der Waals surface area contributed by atoms with Crippen molar-refractivity contribution < 1.29 is 30.0 Å². The second-order valence-electron chi connectivity index (χ2n) is 0.247. The molecule has 1 radical (unpaired) electrons. The van der Waals surface area contributed by atoms with Crippen molar-refractivity contribution in [3.05, 3.63) is 0 Å². The maximum atomic E-state index is 9.67. The van der Waals surface area contributed by atoms with Crippen molar-refractivity contribution in [1.29, 1.82) is 0 Å². The Balaban J connectivity index is 0. The van der Waals surface area contributed by atoms with Crippen LogP contribution in [0.15, 0.2) is 0 Å². The molecule has 0 nitrogen and oxygen atoms in total. The van der Waals surface area contributed by atoms with Gasteiger partial charge in [-0.3, -0.25) is 12.9 Å². The van der Waals surface area contributed by atoms with Gasteiger partial charge in [-0.2, -0.15) is 0 Å². The quantitative estimate of drug-likeness (QED) is 0.419. The maximum Gasteiger partial charge on any atom is 0.762 e. The van der Waals surface area contributed by atoms with Gasteiger partial charge in [0.25, 0.3) is 0 Å². The van der Waals surface area contributed by atoms with Gasteiger partial charge in [0.1, 0.15) is 0 Å². The van der Waals surface area contributed by atoms with Crippen LogP contribution in [-0.4, -0.2) is 7.54 Å². The van der Waals surface area contributed by atoms with E-state index in [4.69, 9.17) is 0 Å². The molecule has 0 N–H and O–H groups in total. The Morgan fingerprint density at radius 3 is 1.00 bits per heavy atom. The molecular weight excluding hydrogens is 123 g/mol. The molecular formula is BF3Mn. The number of rotatable bonds is 0. The van der Waals surface area contributed by atoms with E-state index < -0.39 is 7.54 Å². The molecule has 0 atom stereocenters. The molecule has 0 unspecified atom stereocenters. The molecule has 0 saturated carbocycles. The first-order chi connectivity index (χ1) is 1.73. The maximum absolute atomic E-state index is 9.67. The summed E-state index contributed by atoms with van der Waals surface area (Å²) in [6, 6.07) is 0. The van der Waals surface area contributed by atoms with Crippen molar-refractivity contribution in [1.82, 2.24) is 0 Å². The summed E-state index contributed by atoms with van der Waals surface area (Å²) < 4.78 is 29.0. The molecule has 0 bridgehead atoms. The Kier molecular flexibility index (Phi) is 7.90. The molecule has 5 heavy (non-hydrogen) atoms. The smallest absolute Gasteiger partial charge is 0.254 e. The fraction of sp³-hybridized carbons (Fsp3) is 0. The molecule has 0 aliphatic heterocycles. The van der Waals surface area contributed by atoms with Gasteiger partial charge >= 0.3 is 7.54 Å². The molecule has 0 aromatic rings. The SMILES string of the molecule is FB(F)F.[Mn]. The molecule has 0 heterocycles. The molecule has 0 rings (SSSR count).